The number of benzene rings is 1. The van der Waals surface area contributed by atoms with E-state index >= 15 is 0 Å². The highest BCUT2D eigenvalue weighted by Crippen LogP contribution is 2.23. The second kappa shape index (κ2) is 5.73. The predicted octanol–water partition coefficient (Wildman–Crippen LogP) is 2.47. The molecule has 1 N–H and O–H groups in total. The van der Waals surface area contributed by atoms with Crippen LogP contribution in [0.25, 0.3) is 5.69 Å². The van der Waals surface area contributed by atoms with Crippen LogP contribution >= 0.6 is 0 Å². The van der Waals surface area contributed by atoms with Crippen LogP contribution in [0.5, 0.6) is 0 Å². The fraction of sp³-hybridized carbons (Fsp3) is 0.385. The van der Waals surface area contributed by atoms with E-state index in [1.165, 1.54) is 23.4 Å². The lowest BCUT2D eigenvalue weighted by Gasteiger charge is -2.17. The second-order valence-electron chi connectivity index (χ2n) is 4.19. The molecule has 0 aliphatic rings. The van der Waals surface area contributed by atoms with Gasteiger partial charge in [-0.1, -0.05) is 19.1 Å². The van der Waals surface area contributed by atoms with E-state index in [4.69, 9.17) is 0 Å². The van der Waals surface area contributed by atoms with Crippen molar-refractivity contribution in [1.82, 2.24) is 20.1 Å². The molecule has 0 fully saturated rings. The van der Waals surface area contributed by atoms with E-state index in [1.807, 2.05) is 13.0 Å². The zero-order valence-corrected chi connectivity index (χ0v) is 10.6. The Hall–Kier alpha value is -1.75. The summed E-state index contributed by atoms with van der Waals surface area (Å²) in [6.45, 7) is 5.02. The van der Waals surface area contributed by atoms with E-state index in [1.54, 1.807) is 6.07 Å². The molecule has 0 spiro atoms. The molecule has 0 saturated heterocycles. The largest absolute Gasteiger partial charge is 0.310 e. The van der Waals surface area contributed by atoms with Gasteiger partial charge in [0.2, 0.25) is 0 Å². The average molecular weight is 248 g/mol. The van der Waals surface area contributed by atoms with Gasteiger partial charge in [-0.15, -0.1) is 0 Å². The minimum atomic E-state index is -0.289. The van der Waals surface area contributed by atoms with Crippen LogP contribution in [0.2, 0.25) is 0 Å². The molecule has 5 heteroatoms. The van der Waals surface area contributed by atoms with E-state index < -0.39 is 0 Å². The SMILES string of the molecule is CCCNC(C)c1cccc(F)c1-n1cncn1. The molecule has 96 valence electrons. The average Bonchev–Trinajstić information content (AvgIpc) is 2.89. The van der Waals surface area contributed by atoms with Gasteiger partial charge in [-0.3, -0.25) is 0 Å². The van der Waals surface area contributed by atoms with Crippen molar-refractivity contribution in [3.05, 3.63) is 42.2 Å². The maximum Gasteiger partial charge on any atom is 0.149 e. The first-order valence-corrected chi connectivity index (χ1v) is 6.10. The molecule has 0 saturated carbocycles. The van der Waals surface area contributed by atoms with E-state index in [0.717, 1.165) is 18.5 Å². The van der Waals surface area contributed by atoms with Crippen LogP contribution in [0.3, 0.4) is 0 Å². The molecule has 1 heterocycles. The Kier molecular flexibility index (Phi) is 4.04. The van der Waals surface area contributed by atoms with Gasteiger partial charge in [-0.05, 0) is 31.5 Å². The van der Waals surface area contributed by atoms with E-state index in [9.17, 15) is 4.39 Å². The molecule has 2 rings (SSSR count). The smallest absolute Gasteiger partial charge is 0.149 e. The van der Waals surface area contributed by atoms with E-state index in [2.05, 4.69) is 22.3 Å². The minimum Gasteiger partial charge on any atom is -0.310 e. The predicted molar refractivity (Wildman–Crippen MR) is 68.0 cm³/mol. The molecule has 0 bridgehead atoms. The summed E-state index contributed by atoms with van der Waals surface area (Å²) >= 11 is 0. The molecule has 1 atom stereocenters. The molecule has 0 amide bonds. The van der Waals surface area contributed by atoms with Crippen LogP contribution in [-0.2, 0) is 0 Å². The Morgan fingerprint density at radius 2 is 2.28 bits per heavy atom. The second-order valence-corrected chi connectivity index (χ2v) is 4.19. The summed E-state index contributed by atoms with van der Waals surface area (Å²) in [7, 11) is 0. The molecule has 0 radical (unpaired) electrons. The first-order valence-electron chi connectivity index (χ1n) is 6.10. The lowest BCUT2D eigenvalue weighted by atomic mass is 10.1. The molecule has 2 aromatic rings. The van der Waals surface area contributed by atoms with Gasteiger partial charge >= 0.3 is 0 Å². The normalized spacial score (nSPS) is 12.6. The van der Waals surface area contributed by atoms with Crippen LogP contribution < -0.4 is 5.32 Å². The van der Waals surface area contributed by atoms with Crippen molar-refractivity contribution < 1.29 is 4.39 Å². The third-order valence-corrected chi connectivity index (χ3v) is 2.83. The lowest BCUT2D eigenvalue weighted by Crippen LogP contribution is -2.21. The number of nitrogens with one attached hydrogen (secondary N) is 1. The van der Waals surface area contributed by atoms with Crippen LogP contribution in [-0.4, -0.2) is 21.3 Å². The van der Waals surface area contributed by atoms with Gasteiger partial charge in [-0.25, -0.2) is 14.1 Å². The highest BCUT2D eigenvalue weighted by Gasteiger charge is 2.15. The summed E-state index contributed by atoms with van der Waals surface area (Å²) in [6.07, 6.45) is 3.95. The Balaban J connectivity index is 2.38. The number of hydrogen-bond donors (Lipinski definition) is 1. The summed E-state index contributed by atoms with van der Waals surface area (Å²) in [5, 5.41) is 7.36. The summed E-state index contributed by atoms with van der Waals surface area (Å²) in [5.74, 6) is -0.289. The van der Waals surface area contributed by atoms with E-state index in [0.29, 0.717) is 5.69 Å². The zero-order valence-electron chi connectivity index (χ0n) is 10.6. The monoisotopic (exact) mass is 248 g/mol. The maximum absolute atomic E-state index is 14.0. The number of para-hydroxylation sites is 1. The third kappa shape index (κ3) is 2.56. The minimum absolute atomic E-state index is 0.0693. The Morgan fingerprint density at radius 3 is 2.94 bits per heavy atom. The van der Waals surface area contributed by atoms with Crippen LogP contribution in [0.4, 0.5) is 4.39 Å². The van der Waals surface area contributed by atoms with Crippen molar-refractivity contribution in [2.24, 2.45) is 0 Å². The number of rotatable bonds is 5. The standard InChI is InChI=1S/C13H17FN4/c1-3-7-16-10(2)11-5-4-6-12(14)13(11)18-9-15-8-17-18/h4-6,8-10,16H,3,7H2,1-2H3. The lowest BCUT2D eigenvalue weighted by molar-refractivity contribution is 0.553. The van der Waals surface area contributed by atoms with Crippen LogP contribution in [0, 0.1) is 5.82 Å². The summed E-state index contributed by atoms with van der Waals surface area (Å²) in [6, 6.07) is 5.13. The topological polar surface area (TPSA) is 42.7 Å². The maximum atomic E-state index is 14.0. The summed E-state index contributed by atoms with van der Waals surface area (Å²) < 4.78 is 15.4. The Morgan fingerprint density at radius 1 is 1.44 bits per heavy atom. The van der Waals surface area contributed by atoms with Gasteiger partial charge in [0.05, 0.1) is 0 Å². The number of aromatic nitrogens is 3. The molecule has 0 aliphatic heterocycles. The van der Waals surface area contributed by atoms with Gasteiger partial charge < -0.3 is 5.32 Å². The summed E-state index contributed by atoms with van der Waals surface area (Å²) in [4.78, 5) is 3.87. The Bertz CT molecular complexity index is 496. The number of hydrogen-bond acceptors (Lipinski definition) is 3. The fourth-order valence-electron chi connectivity index (χ4n) is 1.92. The molecule has 18 heavy (non-hydrogen) atoms. The quantitative estimate of drug-likeness (QED) is 0.884. The van der Waals surface area contributed by atoms with Crippen LogP contribution in [0.15, 0.2) is 30.9 Å². The van der Waals surface area contributed by atoms with Crippen LogP contribution in [0.1, 0.15) is 31.9 Å². The van der Waals surface area contributed by atoms with Crippen molar-refractivity contribution >= 4 is 0 Å². The van der Waals surface area contributed by atoms with Gasteiger partial charge in [0.1, 0.15) is 24.2 Å². The third-order valence-electron chi connectivity index (χ3n) is 2.83. The van der Waals surface area contributed by atoms with E-state index in [-0.39, 0.29) is 11.9 Å². The van der Waals surface area contributed by atoms with Gasteiger partial charge in [0.25, 0.3) is 0 Å². The van der Waals surface area contributed by atoms with Gasteiger partial charge in [0.15, 0.2) is 0 Å². The number of nitrogens with zero attached hydrogens (tertiary/aromatic N) is 3. The molecule has 0 aliphatic carbocycles. The van der Waals surface area contributed by atoms with Gasteiger partial charge in [0, 0.05) is 6.04 Å². The molecular formula is C13H17FN4. The molecule has 4 nitrogen and oxygen atoms in total. The molecule has 1 aromatic carbocycles. The first kappa shape index (κ1) is 12.7. The fourth-order valence-corrected chi connectivity index (χ4v) is 1.92. The molecule has 1 aromatic heterocycles. The van der Waals surface area contributed by atoms with Crippen molar-refractivity contribution in [3.8, 4) is 5.69 Å². The zero-order chi connectivity index (χ0) is 13.0. The first-order chi connectivity index (χ1) is 8.74. The highest BCUT2D eigenvalue weighted by atomic mass is 19.1. The van der Waals surface area contributed by atoms with Crippen molar-refractivity contribution in [2.75, 3.05) is 6.54 Å². The van der Waals surface area contributed by atoms with Crippen molar-refractivity contribution in [1.29, 1.82) is 0 Å². The summed E-state index contributed by atoms with van der Waals surface area (Å²) in [5.41, 5.74) is 1.35. The number of halogens is 1. The molecule has 1 unspecified atom stereocenters. The molecular weight excluding hydrogens is 231 g/mol. The van der Waals surface area contributed by atoms with Crippen molar-refractivity contribution in [3.63, 3.8) is 0 Å². The highest BCUT2D eigenvalue weighted by molar-refractivity contribution is 5.43. The van der Waals surface area contributed by atoms with Gasteiger partial charge in [-0.2, -0.15) is 5.10 Å². The van der Waals surface area contributed by atoms with Crippen molar-refractivity contribution in [2.45, 2.75) is 26.3 Å². The Labute approximate surface area is 106 Å².